The summed E-state index contributed by atoms with van der Waals surface area (Å²) < 4.78 is 4.00. The number of nitrogens with zero attached hydrogens (tertiary/aromatic N) is 4. The van der Waals surface area contributed by atoms with Crippen LogP contribution in [0.15, 0.2) is 0 Å². The second kappa shape index (κ2) is 14.0. The summed E-state index contributed by atoms with van der Waals surface area (Å²) in [6, 6.07) is 0. The molecule has 0 saturated heterocycles. The third-order valence-corrected chi connectivity index (χ3v) is 0. The molecule has 0 aliphatic rings. The SMILES string of the molecule is C[N+](C)(C)C.C[N+](C)(C)C.C[N+](C)(C)C.C[N+](C)(C)C.[O-][Si]([O-])([O-])[O-]. The minimum atomic E-state index is -5.61. The monoisotopic (exact) mass is 388 g/mol. The molecule has 0 bridgehead atoms. The van der Waals surface area contributed by atoms with Crippen molar-refractivity contribution in [3.63, 3.8) is 0 Å². The van der Waals surface area contributed by atoms with Crippen molar-refractivity contribution >= 4 is 9.05 Å². The molecule has 0 aromatic carbocycles. The fourth-order valence-electron chi connectivity index (χ4n) is 0. The van der Waals surface area contributed by atoms with Crippen molar-refractivity contribution < 1.29 is 37.1 Å². The lowest BCUT2D eigenvalue weighted by atomic mass is 10.8. The third-order valence-electron chi connectivity index (χ3n) is 0. The van der Waals surface area contributed by atoms with Crippen LogP contribution in [0.4, 0.5) is 0 Å². The van der Waals surface area contributed by atoms with Crippen molar-refractivity contribution in [2.45, 2.75) is 0 Å². The van der Waals surface area contributed by atoms with E-state index in [9.17, 15) is 0 Å². The zero-order valence-electron chi connectivity index (χ0n) is 19.9. The van der Waals surface area contributed by atoms with Crippen molar-refractivity contribution in [2.24, 2.45) is 0 Å². The van der Waals surface area contributed by atoms with Gasteiger partial charge in [-0.15, -0.1) is 0 Å². The Bertz CT molecular complexity index is 183. The molecule has 9 heteroatoms. The van der Waals surface area contributed by atoms with Gasteiger partial charge in [-0.1, -0.05) is 0 Å². The van der Waals surface area contributed by atoms with E-state index in [1.54, 1.807) is 0 Å². The van der Waals surface area contributed by atoms with E-state index >= 15 is 0 Å². The van der Waals surface area contributed by atoms with Gasteiger partial charge in [0.25, 0.3) is 0 Å². The molecule has 0 fully saturated rings. The van der Waals surface area contributed by atoms with Crippen molar-refractivity contribution in [1.82, 2.24) is 0 Å². The predicted molar refractivity (Wildman–Crippen MR) is 102 cm³/mol. The van der Waals surface area contributed by atoms with Crippen LogP contribution in [0.1, 0.15) is 0 Å². The van der Waals surface area contributed by atoms with Crippen LogP contribution in [0.3, 0.4) is 0 Å². The molecule has 0 saturated carbocycles. The molecule has 0 atom stereocenters. The van der Waals surface area contributed by atoms with Gasteiger partial charge < -0.3 is 46.2 Å². The Balaban J connectivity index is -0.0000000667. The van der Waals surface area contributed by atoms with Crippen LogP contribution in [0.2, 0.25) is 0 Å². The Morgan fingerprint density at radius 3 is 0.320 bits per heavy atom. The minimum Gasteiger partial charge on any atom is -0.894 e. The van der Waals surface area contributed by atoms with Crippen LogP contribution >= 0.6 is 0 Å². The first-order valence-electron chi connectivity index (χ1n) is 7.97. The molecule has 0 amide bonds. The molecular formula is C16H48N4O4Si. The molecular weight excluding hydrogens is 340 g/mol. The first-order valence-corrected chi connectivity index (χ1v) is 9.60. The molecule has 0 aromatic rings. The van der Waals surface area contributed by atoms with Crippen LogP contribution in [0.25, 0.3) is 0 Å². The quantitative estimate of drug-likeness (QED) is 0.314. The van der Waals surface area contributed by atoms with E-state index in [0.717, 1.165) is 17.9 Å². The van der Waals surface area contributed by atoms with Gasteiger partial charge in [0.2, 0.25) is 0 Å². The number of hydrogen-bond donors (Lipinski definition) is 0. The molecule has 0 heterocycles. The van der Waals surface area contributed by atoms with Crippen LogP contribution in [-0.2, 0) is 0 Å². The second-order valence-electron chi connectivity index (χ2n) is 11.2. The van der Waals surface area contributed by atoms with Gasteiger partial charge in [-0.05, 0) is 0 Å². The molecule has 0 N–H and O–H groups in total. The molecule has 25 heavy (non-hydrogen) atoms. The molecule has 8 nitrogen and oxygen atoms in total. The molecule has 0 rings (SSSR count). The Labute approximate surface area is 159 Å². The van der Waals surface area contributed by atoms with E-state index in [1.807, 2.05) is 0 Å². The lowest BCUT2D eigenvalue weighted by molar-refractivity contribution is -0.849. The van der Waals surface area contributed by atoms with E-state index < -0.39 is 9.05 Å². The normalized spacial score (nSPS) is 12.0. The number of quaternary nitrogens is 4. The standard InChI is InChI=1S/4C4H12N.O4Si/c5*1-5(2,3)4/h4*1-4H3;/q4*+1;-4. The zero-order valence-corrected chi connectivity index (χ0v) is 20.9. The second-order valence-corrected chi connectivity index (χ2v) is 12.2. The number of hydrogen-bond acceptors (Lipinski definition) is 4. The van der Waals surface area contributed by atoms with Gasteiger partial charge >= 0.3 is 0 Å². The maximum absolute atomic E-state index is 8.58. The van der Waals surface area contributed by atoms with Crippen LogP contribution in [0.5, 0.6) is 0 Å². The van der Waals surface area contributed by atoms with Gasteiger partial charge in [0.15, 0.2) is 0 Å². The lowest BCUT2D eigenvalue weighted by Gasteiger charge is -2.67. The molecule has 160 valence electrons. The molecule has 0 unspecified atom stereocenters. The fourth-order valence-corrected chi connectivity index (χ4v) is 0. The van der Waals surface area contributed by atoms with Gasteiger partial charge in [-0.3, -0.25) is 0 Å². The first-order chi connectivity index (χ1) is 10.0. The van der Waals surface area contributed by atoms with Crippen molar-refractivity contribution in [3.8, 4) is 0 Å². The molecule has 0 aliphatic heterocycles. The highest BCUT2D eigenvalue weighted by Gasteiger charge is 1.89. The summed E-state index contributed by atoms with van der Waals surface area (Å²) in [5, 5.41) is 0. The smallest absolute Gasteiger partial charge is 0.0675 e. The third kappa shape index (κ3) is 1080000. The van der Waals surface area contributed by atoms with E-state index in [0.29, 0.717) is 0 Å². The predicted octanol–water partition coefficient (Wildman–Crippen LogP) is -3.85. The highest BCUT2D eigenvalue weighted by Crippen LogP contribution is 1.74. The molecule has 0 aromatic heterocycles. The summed E-state index contributed by atoms with van der Waals surface area (Å²) in [6.45, 7) is 0. The summed E-state index contributed by atoms with van der Waals surface area (Å²) in [6.07, 6.45) is 0. The number of rotatable bonds is 0. The van der Waals surface area contributed by atoms with E-state index in [2.05, 4.69) is 113 Å². The maximum Gasteiger partial charge on any atom is 0.0675 e. The van der Waals surface area contributed by atoms with Crippen molar-refractivity contribution in [1.29, 1.82) is 0 Å². The van der Waals surface area contributed by atoms with Gasteiger partial charge in [0, 0.05) is 0 Å². The maximum atomic E-state index is 8.58. The topological polar surface area (TPSA) is 92.2 Å². The highest BCUT2D eigenvalue weighted by molar-refractivity contribution is 6.38. The van der Waals surface area contributed by atoms with E-state index in [1.165, 1.54) is 0 Å². The molecule has 0 radical (unpaired) electrons. The van der Waals surface area contributed by atoms with Crippen LogP contribution in [0, 0.1) is 0 Å². The Hall–Kier alpha value is -0.103. The average Bonchev–Trinajstić information content (AvgIpc) is 1.79. The Kier molecular flexibility index (Phi) is 20.1. The summed E-state index contributed by atoms with van der Waals surface area (Å²) in [4.78, 5) is 34.3. The Morgan fingerprint density at radius 2 is 0.320 bits per heavy atom. The summed E-state index contributed by atoms with van der Waals surface area (Å²) in [5.41, 5.74) is 0. The van der Waals surface area contributed by atoms with Gasteiger partial charge in [0.05, 0.1) is 113 Å². The minimum absolute atomic E-state index is 1.00. The van der Waals surface area contributed by atoms with Crippen molar-refractivity contribution in [3.05, 3.63) is 0 Å². The lowest BCUT2D eigenvalue weighted by Crippen LogP contribution is -2.82. The summed E-state index contributed by atoms with van der Waals surface area (Å²) in [7, 11) is 28.4. The van der Waals surface area contributed by atoms with Crippen molar-refractivity contribution in [2.75, 3.05) is 113 Å². The molecule has 0 spiro atoms. The fraction of sp³-hybridized carbons (Fsp3) is 1.00. The van der Waals surface area contributed by atoms with Gasteiger partial charge in [-0.25, -0.2) is 0 Å². The van der Waals surface area contributed by atoms with E-state index in [-0.39, 0.29) is 0 Å². The largest absolute Gasteiger partial charge is 0.894 e. The van der Waals surface area contributed by atoms with Gasteiger partial charge in [-0.2, -0.15) is 0 Å². The zero-order chi connectivity index (χ0) is 22.5. The molecule has 0 aliphatic carbocycles. The summed E-state index contributed by atoms with van der Waals surface area (Å²) in [5.74, 6) is 0. The van der Waals surface area contributed by atoms with Gasteiger partial charge in [0.1, 0.15) is 0 Å². The van der Waals surface area contributed by atoms with Crippen LogP contribution in [-0.4, -0.2) is 140 Å². The van der Waals surface area contributed by atoms with E-state index in [4.69, 9.17) is 19.2 Å². The first kappa shape index (κ1) is 35.9. The van der Waals surface area contributed by atoms with Crippen LogP contribution < -0.4 is 19.2 Å². The summed E-state index contributed by atoms with van der Waals surface area (Å²) >= 11 is 0. The highest BCUT2D eigenvalue weighted by atomic mass is 28.4. The average molecular weight is 389 g/mol. The Morgan fingerprint density at radius 1 is 0.320 bits per heavy atom.